The summed E-state index contributed by atoms with van der Waals surface area (Å²) in [5.41, 5.74) is 2.81. The van der Waals surface area contributed by atoms with Gasteiger partial charge in [0.25, 0.3) is 0 Å². The Balaban J connectivity index is 1.85. The van der Waals surface area contributed by atoms with Crippen molar-refractivity contribution in [3.63, 3.8) is 0 Å². The smallest absolute Gasteiger partial charge is 0.219 e. The molecule has 3 nitrogen and oxygen atoms in total. The predicted molar refractivity (Wildman–Crippen MR) is 74.9 cm³/mol. The Morgan fingerprint density at radius 2 is 2.22 bits per heavy atom. The lowest BCUT2D eigenvalue weighted by atomic mass is 10.1. The summed E-state index contributed by atoms with van der Waals surface area (Å²) in [6.45, 7) is 5.94. The number of rotatable bonds is 5. The number of anilines is 1. The summed E-state index contributed by atoms with van der Waals surface area (Å²) in [4.78, 5) is 13.6. The van der Waals surface area contributed by atoms with Crippen LogP contribution in [0.3, 0.4) is 0 Å². The average Bonchev–Trinajstić information content (AvgIpc) is 2.70. The van der Waals surface area contributed by atoms with Crippen molar-refractivity contribution >= 4 is 11.6 Å². The fourth-order valence-corrected chi connectivity index (χ4v) is 2.57. The van der Waals surface area contributed by atoms with Gasteiger partial charge in [-0.15, -0.1) is 0 Å². The molecule has 1 atom stereocenters. The first-order valence-corrected chi connectivity index (χ1v) is 6.83. The number of nitrogens with zero attached hydrogens (tertiary/aromatic N) is 1. The quantitative estimate of drug-likeness (QED) is 0.809. The number of hydrogen-bond donors (Lipinski definition) is 1. The zero-order valence-electron chi connectivity index (χ0n) is 11.3. The highest BCUT2D eigenvalue weighted by Gasteiger charge is 2.24. The van der Waals surface area contributed by atoms with Crippen LogP contribution in [0.25, 0.3) is 0 Å². The summed E-state index contributed by atoms with van der Waals surface area (Å²) < 4.78 is 0. The van der Waals surface area contributed by atoms with Gasteiger partial charge in [-0.1, -0.05) is 25.1 Å². The van der Waals surface area contributed by atoms with Crippen LogP contribution < -0.4 is 10.2 Å². The minimum absolute atomic E-state index is 0.143. The first-order valence-electron chi connectivity index (χ1n) is 6.83. The molecule has 0 bridgehead atoms. The zero-order valence-corrected chi connectivity index (χ0v) is 11.3. The number of carbonyl (C=O) groups excluding carboxylic acids is 1. The molecular formula is C15H22N2O. The first-order chi connectivity index (χ1) is 8.72. The Bertz CT molecular complexity index is 417. The monoisotopic (exact) mass is 246 g/mol. The molecule has 0 fully saturated rings. The van der Waals surface area contributed by atoms with E-state index in [4.69, 9.17) is 0 Å². The van der Waals surface area contributed by atoms with Gasteiger partial charge in [0, 0.05) is 31.2 Å². The molecule has 2 rings (SSSR count). The van der Waals surface area contributed by atoms with Gasteiger partial charge in [-0.25, -0.2) is 0 Å². The highest BCUT2D eigenvalue weighted by atomic mass is 16.1. The predicted octanol–water partition coefficient (Wildman–Crippen LogP) is 2.35. The summed E-state index contributed by atoms with van der Waals surface area (Å²) in [5.74, 6) is 0.143. The molecule has 0 radical (unpaired) electrons. The van der Waals surface area contributed by atoms with Crippen LogP contribution in [0.5, 0.6) is 0 Å². The van der Waals surface area contributed by atoms with Crippen molar-refractivity contribution in [2.24, 2.45) is 0 Å². The fourth-order valence-electron chi connectivity index (χ4n) is 2.57. The Hall–Kier alpha value is -1.51. The molecule has 1 amide bonds. The van der Waals surface area contributed by atoms with E-state index >= 15 is 0 Å². The Labute approximate surface area is 109 Å². The Morgan fingerprint density at radius 3 is 3.00 bits per heavy atom. The third-order valence-corrected chi connectivity index (χ3v) is 3.57. The summed E-state index contributed by atoms with van der Waals surface area (Å²) in [6.07, 6.45) is 2.71. The van der Waals surface area contributed by atoms with Gasteiger partial charge in [-0.3, -0.25) is 4.79 Å². The standard InChI is InChI=1S/C15H22N2O/c1-3-15(18)16-9-6-10-17-12(2)11-13-7-4-5-8-14(13)17/h4-5,7-8,12H,3,6,9-11H2,1-2H3,(H,16,18). The molecule has 0 saturated heterocycles. The van der Waals surface area contributed by atoms with Crippen molar-refractivity contribution in [1.82, 2.24) is 5.32 Å². The van der Waals surface area contributed by atoms with E-state index in [9.17, 15) is 4.79 Å². The van der Waals surface area contributed by atoms with Crippen molar-refractivity contribution in [3.05, 3.63) is 29.8 Å². The molecule has 0 saturated carbocycles. The fraction of sp³-hybridized carbons (Fsp3) is 0.533. The van der Waals surface area contributed by atoms with E-state index in [0.29, 0.717) is 12.5 Å². The van der Waals surface area contributed by atoms with Gasteiger partial charge in [0.15, 0.2) is 0 Å². The van der Waals surface area contributed by atoms with Gasteiger partial charge in [-0.05, 0) is 31.4 Å². The van der Waals surface area contributed by atoms with Crippen LogP contribution in [0.15, 0.2) is 24.3 Å². The number of para-hydroxylation sites is 1. The largest absolute Gasteiger partial charge is 0.368 e. The lowest BCUT2D eigenvalue weighted by Crippen LogP contribution is -2.33. The van der Waals surface area contributed by atoms with Crippen LogP contribution in [-0.2, 0) is 11.2 Å². The van der Waals surface area contributed by atoms with Gasteiger partial charge >= 0.3 is 0 Å². The number of hydrogen-bond acceptors (Lipinski definition) is 2. The second kappa shape index (κ2) is 5.89. The van der Waals surface area contributed by atoms with Gasteiger partial charge in [-0.2, -0.15) is 0 Å². The third-order valence-electron chi connectivity index (χ3n) is 3.57. The molecule has 98 valence electrons. The first kappa shape index (κ1) is 12.9. The molecule has 0 spiro atoms. The molecule has 0 aromatic heterocycles. The van der Waals surface area contributed by atoms with Gasteiger partial charge in [0.05, 0.1) is 0 Å². The molecule has 1 aromatic rings. The second-order valence-electron chi connectivity index (χ2n) is 4.93. The van der Waals surface area contributed by atoms with E-state index < -0.39 is 0 Å². The minimum Gasteiger partial charge on any atom is -0.368 e. The van der Waals surface area contributed by atoms with Crippen LogP contribution in [-0.4, -0.2) is 25.0 Å². The van der Waals surface area contributed by atoms with E-state index in [0.717, 1.165) is 25.9 Å². The van der Waals surface area contributed by atoms with E-state index in [1.165, 1.54) is 11.3 Å². The summed E-state index contributed by atoms with van der Waals surface area (Å²) in [6, 6.07) is 9.19. The SMILES string of the molecule is CCC(=O)NCCCN1c2ccccc2CC1C. The van der Waals surface area contributed by atoms with Crippen LogP contribution in [0.1, 0.15) is 32.3 Å². The van der Waals surface area contributed by atoms with E-state index in [1.54, 1.807) is 0 Å². The van der Waals surface area contributed by atoms with Crippen molar-refractivity contribution in [2.45, 2.75) is 39.2 Å². The number of benzene rings is 1. The molecule has 1 aromatic carbocycles. The molecule has 1 heterocycles. The van der Waals surface area contributed by atoms with E-state index in [-0.39, 0.29) is 5.91 Å². The van der Waals surface area contributed by atoms with E-state index in [1.807, 2.05) is 6.92 Å². The minimum atomic E-state index is 0.143. The summed E-state index contributed by atoms with van der Waals surface area (Å²) in [5, 5.41) is 2.93. The molecule has 1 N–H and O–H groups in total. The number of amides is 1. The number of nitrogens with one attached hydrogen (secondary N) is 1. The third kappa shape index (κ3) is 2.84. The molecule has 18 heavy (non-hydrogen) atoms. The van der Waals surface area contributed by atoms with Gasteiger partial charge in [0.1, 0.15) is 0 Å². The maximum atomic E-state index is 11.1. The topological polar surface area (TPSA) is 32.3 Å². The number of fused-ring (bicyclic) bond motifs is 1. The van der Waals surface area contributed by atoms with Crippen LogP contribution in [0.4, 0.5) is 5.69 Å². The van der Waals surface area contributed by atoms with Crippen LogP contribution in [0.2, 0.25) is 0 Å². The maximum absolute atomic E-state index is 11.1. The molecule has 0 aliphatic carbocycles. The van der Waals surface area contributed by atoms with Crippen molar-refractivity contribution in [1.29, 1.82) is 0 Å². The second-order valence-corrected chi connectivity index (χ2v) is 4.93. The highest BCUT2D eigenvalue weighted by Crippen LogP contribution is 2.31. The average molecular weight is 246 g/mol. The summed E-state index contributed by atoms with van der Waals surface area (Å²) >= 11 is 0. The van der Waals surface area contributed by atoms with Crippen LogP contribution in [0, 0.1) is 0 Å². The van der Waals surface area contributed by atoms with Gasteiger partial charge in [0.2, 0.25) is 5.91 Å². The Morgan fingerprint density at radius 1 is 1.44 bits per heavy atom. The lowest BCUT2D eigenvalue weighted by molar-refractivity contribution is -0.120. The van der Waals surface area contributed by atoms with Gasteiger partial charge < -0.3 is 10.2 Å². The maximum Gasteiger partial charge on any atom is 0.219 e. The van der Waals surface area contributed by atoms with Crippen molar-refractivity contribution < 1.29 is 4.79 Å². The normalized spacial score (nSPS) is 17.7. The summed E-state index contributed by atoms with van der Waals surface area (Å²) in [7, 11) is 0. The molecule has 3 heteroatoms. The molecular weight excluding hydrogens is 224 g/mol. The van der Waals surface area contributed by atoms with E-state index in [2.05, 4.69) is 41.4 Å². The highest BCUT2D eigenvalue weighted by molar-refractivity contribution is 5.75. The van der Waals surface area contributed by atoms with Crippen molar-refractivity contribution in [3.8, 4) is 0 Å². The Kier molecular flexibility index (Phi) is 4.24. The lowest BCUT2D eigenvalue weighted by Gasteiger charge is -2.24. The molecule has 1 unspecified atom stereocenters. The molecule has 1 aliphatic rings. The van der Waals surface area contributed by atoms with Crippen molar-refractivity contribution in [2.75, 3.05) is 18.0 Å². The van der Waals surface area contributed by atoms with Crippen LogP contribution >= 0.6 is 0 Å². The number of carbonyl (C=O) groups is 1. The molecule has 1 aliphatic heterocycles. The zero-order chi connectivity index (χ0) is 13.0.